The fourth-order valence-corrected chi connectivity index (χ4v) is 2.95. The average Bonchev–Trinajstić information content (AvgIpc) is 2.90. The molecule has 112 valence electrons. The van der Waals surface area contributed by atoms with Crippen molar-refractivity contribution in [3.63, 3.8) is 0 Å². The first-order valence-corrected chi connectivity index (χ1v) is 7.29. The normalized spacial score (nSPS) is 16.1. The van der Waals surface area contributed by atoms with Crippen molar-refractivity contribution in [2.24, 2.45) is 0 Å². The van der Waals surface area contributed by atoms with Gasteiger partial charge in [0.05, 0.1) is 11.6 Å². The van der Waals surface area contributed by atoms with Crippen molar-refractivity contribution < 1.29 is 14.7 Å². The lowest BCUT2D eigenvalue weighted by Gasteiger charge is -2.15. The zero-order valence-electron chi connectivity index (χ0n) is 12.3. The molecule has 0 bridgehead atoms. The quantitative estimate of drug-likeness (QED) is 0.914. The number of hydrogen-bond donors (Lipinski definition) is 2. The lowest BCUT2D eigenvalue weighted by atomic mass is 10.0. The molecule has 2 N–H and O–H groups in total. The van der Waals surface area contributed by atoms with Crippen LogP contribution in [0.4, 0.5) is 0 Å². The molecule has 1 amide bonds. The molecule has 22 heavy (non-hydrogen) atoms. The summed E-state index contributed by atoms with van der Waals surface area (Å²) in [4.78, 5) is 23.5. The monoisotopic (exact) mass is 295 g/mol. The van der Waals surface area contributed by atoms with Crippen LogP contribution in [-0.4, -0.2) is 17.0 Å². The molecule has 0 aliphatic heterocycles. The van der Waals surface area contributed by atoms with Gasteiger partial charge in [0.2, 0.25) is 0 Å². The Bertz CT molecular complexity index is 752. The lowest BCUT2D eigenvalue weighted by Crippen LogP contribution is -2.27. The molecular weight excluding hydrogens is 278 g/mol. The van der Waals surface area contributed by atoms with E-state index in [0.29, 0.717) is 5.56 Å². The van der Waals surface area contributed by atoms with Gasteiger partial charge in [-0.2, -0.15) is 0 Å². The number of carboxylic acids is 1. The van der Waals surface area contributed by atoms with Gasteiger partial charge in [0.25, 0.3) is 5.91 Å². The molecule has 1 aliphatic carbocycles. The minimum absolute atomic E-state index is 0.114. The third-order valence-electron chi connectivity index (χ3n) is 4.17. The summed E-state index contributed by atoms with van der Waals surface area (Å²) in [6, 6.07) is 12.5. The number of fused-ring (bicyclic) bond motifs is 1. The topological polar surface area (TPSA) is 66.4 Å². The van der Waals surface area contributed by atoms with E-state index in [1.165, 1.54) is 0 Å². The largest absolute Gasteiger partial charge is 0.478 e. The summed E-state index contributed by atoms with van der Waals surface area (Å²) in [5, 5.41) is 12.1. The van der Waals surface area contributed by atoms with Crippen LogP contribution in [0.25, 0.3) is 0 Å². The number of carbonyl (C=O) groups excluding carboxylic acids is 1. The zero-order valence-corrected chi connectivity index (χ0v) is 12.3. The first kappa shape index (κ1) is 14.3. The van der Waals surface area contributed by atoms with Crippen LogP contribution in [0.2, 0.25) is 0 Å². The number of amides is 1. The summed E-state index contributed by atoms with van der Waals surface area (Å²) < 4.78 is 0. The van der Waals surface area contributed by atoms with Crippen LogP contribution in [-0.2, 0) is 6.42 Å². The molecule has 4 heteroatoms. The van der Waals surface area contributed by atoms with E-state index in [-0.39, 0.29) is 17.5 Å². The minimum atomic E-state index is -0.946. The maximum Gasteiger partial charge on any atom is 0.335 e. The van der Waals surface area contributed by atoms with Crippen molar-refractivity contribution in [3.8, 4) is 0 Å². The van der Waals surface area contributed by atoms with E-state index in [1.54, 1.807) is 18.2 Å². The fraction of sp³-hybridized carbons (Fsp3) is 0.222. The summed E-state index contributed by atoms with van der Waals surface area (Å²) >= 11 is 0. The summed E-state index contributed by atoms with van der Waals surface area (Å²) in [6.45, 7) is 1.90. The van der Waals surface area contributed by atoms with Gasteiger partial charge in [-0.1, -0.05) is 24.3 Å². The van der Waals surface area contributed by atoms with Crippen LogP contribution in [0.3, 0.4) is 0 Å². The van der Waals surface area contributed by atoms with Crippen molar-refractivity contribution in [2.45, 2.75) is 25.8 Å². The number of nitrogens with one attached hydrogen (secondary N) is 1. The summed E-state index contributed by atoms with van der Waals surface area (Å²) in [5.74, 6) is -1.06. The molecular formula is C18H17NO3. The number of hydrogen-bond acceptors (Lipinski definition) is 2. The van der Waals surface area contributed by atoms with E-state index in [0.717, 1.165) is 29.5 Å². The molecule has 0 saturated carbocycles. The Labute approximate surface area is 128 Å². The van der Waals surface area contributed by atoms with E-state index >= 15 is 0 Å². The second kappa shape index (κ2) is 5.64. The molecule has 4 nitrogen and oxygen atoms in total. The fourth-order valence-electron chi connectivity index (χ4n) is 2.95. The third kappa shape index (κ3) is 2.60. The Morgan fingerprint density at radius 3 is 2.68 bits per heavy atom. The average molecular weight is 295 g/mol. The van der Waals surface area contributed by atoms with Gasteiger partial charge >= 0.3 is 5.97 Å². The first-order chi connectivity index (χ1) is 10.6. The number of carbonyl (C=O) groups is 2. The van der Waals surface area contributed by atoms with Crippen molar-refractivity contribution in [1.29, 1.82) is 0 Å². The molecule has 2 aromatic carbocycles. The predicted molar refractivity (Wildman–Crippen MR) is 83.1 cm³/mol. The highest BCUT2D eigenvalue weighted by atomic mass is 16.4. The molecule has 2 aromatic rings. The Hall–Kier alpha value is -2.62. The SMILES string of the molecule is Cc1ccccc1C(=O)N[C@@H]1CCc2ccc(C(=O)O)cc21. The highest BCUT2D eigenvalue weighted by molar-refractivity contribution is 5.96. The van der Waals surface area contributed by atoms with Crippen molar-refractivity contribution >= 4 is 11.9 Å². The van der Waals surface area contributed by atoms with E-state index in [2.05, 4.69) is 5.32 Å². The lowest BCUT2D eigenvalue weighted by molar-refractivity contribution is 0.0696. The molecule has 0 unspecified atom stereocenters. The number of aryl methyl sites for hydroxylation is 2. The molecule has 0 fully saturated rings. The van der Waals surface area contributed by atoms with Crippen LogP contribution in [0.15, 0.2) is 42.5 Å². The van der Waals surface area contributed by atoms with Crippen LogP contribution < -0.4 is 5.32 Å². The Morgan fingerprint density at radius 2 is 1.95 bits per heavy atom. The van der Waals surface area contributed by atoms with Crippen LogP contribution in [0, 0.1) is 6.92 Å². The Balaban J connectivity index is 1.84. The van der Waals surface area contributed by atoms with Crippen molar-refractivity contribution in [2.75, 3.05) is 0 Å². The van der Waals surface area contributed by atoms with Crippen molar-refractivity contribution in [1.82, 2.24) is 5.32 Å². The smallest absolute Gasteiger partial charge is 0.335 e. The van der Waals surface area contributed by atoms with E-state index in [9.17, 15) is 9.59 Å². The van der Waals surface area contributed by atoms with Gasteiger partial charge in [-0.15, -0.1) is 0 Å². The van der Waals surface area contributed by atoms with Gasteiger partial charge in [-0.3, -0.25) is 4.79 Å². The van der Waals surface area contributed by atoms with Gasteiger partial charge < -0.3 is 10.4 Å². The van der Waals surface area contributed by atoms with E-state index in [1.807, 2.05) is 31.2 Å². The molecule has 0 radical (unpaired) electrons. The maximum atomic E-state index is 12.4. The third-order valence-corrected chi connectivity index (χ3v) is 4.17. The zero-order chi connectivity index (χ0) is 15.7. The summed E-state index contributed by atoms with van der Waals surface area (Å²) in [6.07, 6.45) is 1.66. The first-order valence-electron chi connectivity index (χ1n) is 7.29. The second-order valence-electron chi connectivity index (χ2n) is 5.60. The summed E-state index contributed by atoms with van der Waals surface area (Å²) in [7, 11) is 0. The standard InChI is InChI=1S/C18H17NO3/c1-11-4-2-3-5-14(11)17(20)19-16-9-8-12-6-7-13(18(21)22)10-15(12)16/h2-7,10,16H,8-9H2,1H3,(H,19,20)(H,21,22)/t16-/m1/s1. The molecule has 0 spiro atoms. The molecule has 0 aromatic heterocycles. The van der Waals surface area contributed by atoms with Gasteiger partial charge in [0, 0.05) is 5.56 Å². The number of rotatable bonds is 3. The molecule has 3 rings (SSSR count). The summed E-state index contributed by atoms with van der Waals surface area (Å²) in [5.41, 5.74) is 3.88. The van der Waals surface area contributed by atoms with Crippen molar-refractivity contribution in [3.05, 3.63) is 70.3 Å². The van der Waals surface area contributed by atoms with Gasteiger partial charge in [0.15, 0.2) is 0 Å². The minimum Gasteiger partial charge on any atom is -0.478 e. The van der Waals surface area contributed by atoms with Crippen LogP contribution in [0.1, 0.15) is 49.9 Å². The van der Waals surface area contributed by atoms with Gasteiger partial charge in [-0.05, 0) is 54.7 Å². The number of benzene rings is 2. The molecule has 1 atom stereocenters. The Kier molecular flexibility index (Phi) is 3.67. The number of carboxylic acid groups (broad SMARTS) is 1. The molecule has 0 saturated heterocycles. The van der Waals surface area contributed by atoms with Crippen LogP contribution in [0.5, 0.6) is 0 Å². The van der Waals surface area contributed by atoms with E-state index in [4.69, 9.17) is 5.11 Å². The predicted octanol–water partition coefficient (Wildman–Crippen LogP) is 3.11. The van der Waals surface area contributed by atoms with Gasteiger partial charge in [-0.25, -0.2) is 4.79 Å². The van der Waals surface area contributed by atoms with E-state index < -0.39 is 5.97 Å². The second-order valence-corrected chi connectivity index (χ2v) is 5.60. The van der Waals surface area contributed by atoms with Gasteiger partial charge in [0.1, 0.15) is 0 Å². The Morgan fingerprint density at radius 1 is 1.18 bits per heavy atom. The molecule has 0 heterocycles. The highest BCUT2D eigenvalue weighted by Crippen LogP contribution is 2.32. The number of aromatic carboxylic acids is 1. The maximum absolute atomic E-state index is 12.4. The highest BCUT2D eigenvalue weighted by Gasteiger charge is 2.25. The molecule has 1 aliphatic rings. The van der Waals surface area contributed by atoms with Crippen LogP contribution >= 0.6 is 0 Å².